The lowest BCUT2D eigenvalue weighted by atomic mass is 10.0. The molecule has 0 unspecified atom stereocenters. The van der Waals surface area contributed by atoms with E-state index in [-0.39, 0.29) is 12.4 Å². The predicted octanol–water partition coefficient (Wildman–Crippen LogP) is 5.55. The third-order valence-electron chi connectivity index (χ3n) is 5.21. The van der Waals surface area contributed by atoms with Crippen LogP contribution in [0.15, 0.2) is 47.1 Å². The molecule has 1 aromatic heterocycles. The van der Waals surface area contributed by atoms with Crippen molar-refractivity contribution in [3.8, 4) is 5.75 Å². The normalized spacial score (nSPS) is 16.7. The van der Waals surface area contributed by atoms with Gasteiger partial charge in [0.15, 0.2) is 0 Å². The number of esters is 1. The smallest absolute Gasteiger partial charge is 0.315 e. The van der Waals surface area contributed by atoms with E-state index in [1.54, 1.807) is 6.26 Å². The molecular weight excluding hydrogens is 376 g/mol. The van der Waals surface area contributed by atoms with Gasteiger partial charge in [0.1, 0.15) is 11.3 Å². The zero-order valence-corrected chi connectivity index (χ0v) is 16.5. The molecule has 27 heavy (non-hydrogen) atoms. The lowest BCUT2D eigenvalue weighted by Crippen LogP contribution is -2.11. The number of benzene rings is 2. The summed E-state index contributed by atoms with van der Waals surface area (Å²) < 4.78 is 11.7. The summed E-state index contributed by atoms with van der Waals surface area (Å²) in [6, 6.07) is 12.2. The molecule has 1 aliphatic heterocycles. The molecule has 0 spiro atoms. The van der Waals surface area contributed by atoms with Gasteiger partial charge >= 0.3 is 5.97 Å². The lowest BCUT2D eigenvalue weighted by Gasteiger charge is -2.09. The third kappa shape index (κ3) is 3.50. The molecule has 0 atom stereocenters. The predicted molar refractivity (Wildman–Crippen MR) is 112 cm³/mol. The zero-order chi connectivity index (χ0) is 18.2. The largest absolute Gasteiger partial charge is 0.464 e. The molecular formula is C22H20O3S2. The van der Waals surface area contributed by atoms with Crippen molar-refractivity contribution in [2.75, 3.05) is 11.5 Å². The van der Waals surface area contributed by atoms with Gasteiger partial charge < -0.3 is 9.15 Å². The summed E-state index contributed by atoms with van der Waals surface area (Å²) >= 11 is 3.94. The van der Waals surface area contributed by atoms with Crippen LogP contribution in [0.2, 0.25) is 0 Å². The Kier molecular flexibility index (Phi) is 4.66. The van der Waals surface area contributed by atoms with Crippen LogP contribution in [0, 0.1) is 0 Å². The molecule has 1 fully saturated rings. The summed E-state index contributed by atoms with van der Waals surface area (Å²) in [6.45, 7) is 0. The number of fused-ring (bicyclic) bond motifs is 2. The van der Waals surface area contributed by atoms with Crippen LogP contribution in [0.3, 0.4) is 0 Å². The Morgan fingerprint density at radius 3 is 2.59 bits per heavy atom. The van der Waals surface area contributed by atoms with E-state index in [9.17, 15) is 4.79 Å². The Hall–Kier alpha value is -1.85. The minimum absolute atomic E-state index is 0.224. The van der Waals surface area contributed by atoms with Crippen molar-refractivity contribution < 1.29 is 13.9 Å². The number of carbonyl (C=O) groups is 1. The minimum atomic E-state index is -0.254. The van der Waals surface area contributed by atoms with Gasteiger partial charge in [0, 0.05) is 22.5 Å². The van der Waals surface area contributed by atoms with Crippen LogP contribution in [0.1, 0.15) is 33.3 Å². The van der Waals surface area contributed by atoms with E-state index >= 15 is 0 Å². The van der Waals surface area contributed by atoms with Crippen LogP contribution in [0.25, 0.3) is 11.0 Å². The Morgan fingerprint density at radius 2 is 1.81 bits per heavy atom. The van der Waals surface area contributed by atoms with Gasteiger partial charge in [-0.3, -0.25) is 4.79 Å². The van der Waals surface area contributed by atoms with Crippen LogP contribution in [-0.4, -0.2) is 17.5 Å². The summed E-state index contributed by atoms with van der Waals surface area (Å²) in [4.78, 5) is 12.4. The summed E-state index contributed by atoms with van der Waals surface area (Å²) in [5.41, 5.74) is 5.83. The fraction of sp³-hybridized carbons (Fsp3) is 0.318. The van der Waals surface area contributed by atoms with E-state index < -0.39 is 0 Å². The number of furan rings is 1. The molecule has 5 heteroatoms. The van der Waals surface area contributed by atoms with Crippen LogP contribution in [0.4, 0.5) is 0 Å². The fourth-order valence-corrected chi connectivity index (χ4v) is 6.71. The van der Waals surface area contributed by atoms with Crippen LogP contribution in [-0.2, 0) is 24.1 Å². The average Bonchev–Trinajstić information content (AvgIpc) is 3.42. The lowest BCUT2D eigenvalue weighted by molar-refractivity contribution is -0.133. The van der Waals surface area contributed by atoms with Gasteiger partial charge in [0.05, 0.1) is 17.3 Å². The molecule has 0 radical (unpaired) electrons. The number of rotatable bonds is 4. The van der Waals surface area contributed by atoms with Gasteiger partial charge in [0.2, 0.25) is 0 Å². The molecule has 2 heterocycles. The van der Waals surface area contributed by atoms with E-state index in [2.05, 4.69) is 24.3 Å². The highest BCUT2D eigenvalue weighted by molar-refractivity contribution is 8.19. The van der Waals surface area contributed by atoms with Crippen LogP contribution in [0.5, 0.6) is 5.75 Å². The van der Waals surface area contributed by atoms with Crippen molar-refractivity contribution in [3.63, 3.8) is 0 Å². The van der Waals surface area contributed by atoms with Crippen molar-refractivity contribution in [3.05, 3.63) is 64.9 Å². The maximum Gasteiger partial charge on any atom is 0.315 e. The van der Waals surface area contributed by atoms with Crippen LogP contribution < -0.4 is 4.74 Å². The highest BCUT2D eigenvalue weighted by atomic mass is 32.2. The topological polar surface area (TPSA) is 39.4 Å². The van der Waals surface area contributed by atoms with Crippen molar-refractivity contribution >= 4 is 40.5 Å². The Morgan fingerprint density at radius 1 is 1.07 bits per heavy atom. The molecule has 138 valence electrons. The Labute approximate surface area is 166 Å². The summed E-state index contributed by atoms with van der Waals surface area (Å²) in [5.74, 6) is 2.75. The Bertz CT molecular complexity index is 985. The SMILES string of the molecule is O=C(Cc1coc2cc3c(cc12)CCC3)Oc1ccc(C2SCCS2)cc1. The average molecular weight is 397 g/mol. The molecule has 3 aromatic rings. The number of hydrogen-bond donors (Lipinski definition) is 0. The molecule has 5 rings (SSSR count). The number of carbonyl (C=O) groups excluding carboxylic acids is 1. The molecule has 2 aliphatic rings. The van der Waals surface area contributed by atoms with E-state index in [4.69, 9.17) is 9.15 Å². The van der Waals surface area contributed by atoms with Gasteiger partial charge in [-0.15, -0.1) is 23.5 Å². The van der Waals surface area contributed by atoms with E-state index in [0.29, 0.717) is 10.3 Å². The van der Waals surface area contributed by atoms with Gasteiger partial charge in [-0.1, -0.05) is 12.1 Å². The first kappa shape index (κ1) is 17.3. The van der Waals surface area contributed by atoms with E-state index in [0.717, 1.165) is 29.4 Å². The van der Waals surface area contributed by atoms with Crippen molar-refractivity contribution in [1.82, 2.24) is 0 Å². The maximum absolute atomic E-state index is 12.4. The zero-order valence-electron chi connectivity index (χ0n) is 14.9. The first-order chi connectivity index (χ1) is 13.3. The summed E-state index contributed by atoms with van der Waals surface area (Å²) in [5, 5.41) is 1.04. The van der Waals surface area contributed by atoms with Gasteiger partial charge in [-0.25, -0.2) is 0 Å². The number of thioether (sulfide) groups is 2. The van der Waals surface area contributed by atoms with Crippen molar-refractivity contribution in [2.45, 2.75) is 30.3 Å². The molecule has 0 bridgehead atoms. The molecule has 1 aliphatic carbocycles. The van der Waals surface area contributed by atoms with Gasteiger partial charge in [0.25, 0.3) is 0 Å². The second-order valence-electron chi connectivity index (χ2n) is 7.02. The first-order valence-corrected chi connectivity index (χ1v) is 11.4. The second kappa shape index (κ2) is 7.28. The molecule has 1 saturated heterocycles. The number of ether oxygens (including phenoxy) is 1. The third-order valence-corrected chi connectivity index (χ3v) is 8.31. The fourth-order valence-electron chi connectivity index (χ4n) is 3.85. The maximum atomic E-state index is 12.4. The van der Waals surface area contributed by atoms with Crippen LogP contribution >= 0.6 is 23.5 Å². The molecule has 0 amide bonds. The van der Waals surface area contributed by atoms with Gasteiger partial charge in [-0.05, 0) is 60.2 Å². The molecule has 2 aromatic carbocycles. The highest BCUT2D eigenvalue weighted by Gasteiger charge is 2.19. The van der Waals surface area contributed by atoms with E-state index in [1.807, 2.05) is 35.7 Å². The highest BCUT2D eigenvalue weighted by Crippen LogP contribution is 2.45. The first-order valence-electron chi connectivity index (χ1n) is 9.32. The standard InChI is InChI=1S/C22H20O3S2/c23-21(25-18-6-4-14(5-7-18)22-26-8-9-27-22)12-17-13-24-20-11-16-3-1-2-15(16)10-19(17)20/h4-7,10-11,13,22H,1-3,8-9,12H2. The Balaban J connectivity index is 1.28. The minimum Gasteiger partial charge on any atom is -0.464 e. The van der Waals surface area contributed by atoms with Gasteiger partial charge in [-0.2, -0.15) is 0 Å². The summed E-state index contributed by atoms with van der Waals surface area (Å²) in [6.07, 6.45) is 5.36. The monoisotopic (exact) mass is 396 g/mol. The second-order valence-corrected chi connectivity index (χ2v) is 9.75. The molecule has 0 saturated carbocycles. The number of aryl methyl sites for hydroxylation is 2. The molecule has 3 nitrogen and oxygen atoms in total. The van der Waals surface area contributed by atoms with Crippen molar-refractivity contribution in [1.29, 1.82) is 0 Å². The quantitative estimate of drug-likeness (QED) is 0.427. The van der Waals surface area contributed by atoms with Crippen molar-refractivity contribution in [2.24, 2.45) is 0 Å². The number of hydrogen-bond acceptors (Lipinski definition) is 5. The summed E-state index contributed by atoms with van der Waals surface area (Å²) in [7, 11) is 0. The molecule has 0 N–H and O–H groups in total. The van der Waals surface area contributed by atoms with E-state index in [1.165, 1.54) is 34.6 Å².